The quantitative estimate of drug-likeness (QED) is 0.335. The lowest BCUT2D eigenvalue weighted by molar-refractivity contribution is -0.697. The minimum Gasteiger partial charge on any atom is -1.00 e. The highest BCUT2D eigenvalue weighted by Gasteiger charge is 1.98. The molecule has 1 N–H and O–H groups in total. The van der Waals surface area contributed by atoms with Crippen LogP contribution in [0.25, 0.3) is 0 Å². The van der Waals surface area contributed by atoms with Crippen molar-refractivity contribution in [1.82, 2.24) is 0 Å². The molecule has 0 unspecified atom stereocenters. The number of nitrogens with zero attached hydrogens (tertiary/aromatic N) is 1. The van der Waals surface area contributed by atoms with Crippen molar-refractivity contribution in [2.45, 2.75) is 96.4 Å². The first kappa shape index (κ1) is 23.6. The monoisotopic (exact) mass is 399 g/mol. The number of aliphatic hydroxyl groups excluding tert-OH is 1. The second-order valence-electron chi connectivity index (χ2n) is 6.79. The minimum absolute atomic E-state index is 0. The van der Waals surface area contributed by atoms with Crippen molar-refractivity contribution in [2.24, 2.45) is 0 Å². The van der Waals surface area contributed by atoms with Gasteiger partial charge in [0.25, 0.3) is 0 Å². The van der Waals surface area contributed by atoms with E-state index in [0.717, 1.165) is 6.42 Å². The predicted molar refractivity (Wildman–Crippen MR) is 98.4 cm³/mol. The molecule has 3 heteroatoms. The zero-order valence-corrected chi connectivity index (χ0v) is 17.1. The molecule has 0 aliphatic carbocycles. The molecule has 0 saturated carbocycles. The van der Waals surface area contributed by atoms with E-state index in [9.17, 15) is 0 Å². The summed E-state index contributed by atoms with van der Waals surface area (Å²) < 4.78 is 2.28. The molecule has 1 rings (SSSR count). The van der Waals surface area contributed by atoms with E-state index in [1.165, 1.54) is 90.0 Å². The van der Waals surface area contributed by atoms with E-state index < -0.39 is 0 Å². The zero-order valence-electron chi connectivity index (χ0n) is 15.5. The second-order valence-corrected chi connectivity index (χ2v) is 6.79. The normalized spacial score (nSPS) is 10.5. The molecule has 0 aliphatic rings. The third kappa shape index (κ3) is 15.1. The fourth-order valence-corrected chi connectivity index (χ4v) is 3.11. The van der Waals surface area contributed by atoms with Crippen molar-refractivity contribution in [3.05, 3.63) is 30.6 Å². The highest BCUT2D eigenvalue weighted by Crippen LogP contribution is 2.12. The number of unbranched alkanes of at least 4 members (excludes halogenated alkanes) is 13. The summed E-state index contributed by atoms with van der Waals surface area (Å²) in [5, 5.41) is 8.71. The second kappa shape index (κ2) is 18.9. The first-order valence-corrected chi connectivity index (χ1v) is 9.98. The average Bonchev–Trinajstić information content (AvgIpc) is 2.59. The van der Waals surface area contributed by atoms with Crippen molar-refractivity contribution in [2.75, 3.05) is 6.61 Å². The molecule has 0 atom stereocenters. The Morgan fingerprint density at radius 1 is 0.500 bits per heavy atom. The fraction of sp³-hybridized carbons (Fsp3) is 0.762. The van der Waals surface area contributed by atoms with Gasteiger partial charge in [-0.3, -0.25) is 0 Å². The summed E-state index contributed by atoms with van der Waals surface area (Å²) in [6.45, 7) is 1.53. The van der Waals surface area contributed by atoms with Crippen LogP contribution in [0.2, 0.25) is 0 Å². The molecular weight excluding hydrogens is 362 g/mol. The van der Waals surface area contributed by atoms with E-state index in [2.05, 4.69) is 35.2 Å². The summed E-state index contributed by atoms with van der Waals surface area (Å²) in [6.07, 6.45) is 23.2. The van der Waals surface area contributed by atoms with Crippen LogP contribution in [-0.4, -0.2) is 11.7 Å². The van der Waals surface area contributed by atoms with Crippen LogP contribution < -0.4 is 21.5 Å². The summed E-state index contributed by atoms with van der Waals surface area (Å²) in [6, 6.07) is 6.29. The van der Waals surface area contributed by atoms with Crippen LogP contribution in [0.3, 0.4) is 0 Å². The van der Waals surface area contributed by atoms with Crippen molar-refractivity contribution in [3.63, 3.8) is 0 Å². The maximum absolute atomic E-state index is 8.71. The first-order chi connectivity index (χ1) is 11.4. The van der Waals surface area contributed by atoms with Crippen molar-refractivity contribution >= 4 is 0 Å². The van der Waals surface area contributed by atoms with Gasteiger partial charge in [-0.25, -0.2) is 4.57 Å². The van der Waals surface area contributed by atoms with Crippen molar-refractivity contribution in [3.8, 4) is 0 Å². The molecule has 1 aromatic rings. The maximum atomic E-state index is 8.71. The molecule has 0 saturated heterocycles. The Morgan fingerprint density at radius 2 is 0.875 bits per heavy atom. The van der Waals surface area contributed by atoms with Gasteiger partial charge in [0.15, 0.2) is 12.4 Å². The molecule has 0 amide bonds. The van der Waals surface area contributed by atoms with Crippen LogP contribution in [0.15, 0.2) is 30.6 Å². The van der Waals surface area contributed by atoms with E-state index >= 15 is 0 Å². The van der Waals surface area contributed by atoms with E-state index in [4.69, 9.17) is 5.11 Å². The SMILES string of the molecule is OCCCCCCCCCCCCCCCC[n+]1ccccc1.[Br-]. The van der Waals surface area contributed by atoms with Crippen LogP contribution in [-0.2, 0) is 6.54 Å². The Kier molecular flexibility index (Phi) is 18.6. The van der Waals surface area contributed by atoms with Crippen LogP contribution in [0.5, 0.6) is 0 Å². The molecule has 0 aromatic carbocycles. The lowest BCUT2D eigenvalue weighted by Gasteiger charge is -2.03. The summed E-state index contributed by atoms with van der Waals surface area (Å²) in [7, 11) is 0. The molecule has 0 bridgehead atoms. The van der Waals surface area contributed by atoms with Crippen molar-refractivity contribution in [1.29, 1.82) is 0 Å². The van der Waals surface area contributed by atoms with Crippen LogP contribution in [0.1, 0.15) is 89.9 Å². The smallest absolute Gasteiger partial charge is 0.168 e. The van der Waals surface area contributed by atoms with Gasteiger partial charge in [-0.2, -0.15) is 0 Å². The van der Waals surface area contributed by atoms with E-state index in [1.54, 1.807) is 0 Å². The van der Waals surface area contributed by atoms with Crippen molar-refractivity contribution < 1.29 is 26.7 Å². The average molecular weight is 400 g/mol. The standard InChI is InChI=1S/C21H38NO.BrH/c23-21-17-12-10-8-6-4-2-1-3-5-7-9-11-14-18-22-19-15-13-16-20-22;/h13,15-16,19-20,23H,1-12,14,17-18,21H2;1H/q+1;/p-1. The summed E-state index contributed by atoms with van der Waals surface area (Å²) >= 11 is 0. The topological polar surface area (TPSA) is 24.1 Å². The number of pyridine rings is 1. The largest absolute Gasteiger partial charge is 1.00 e. The highest BCUT2D eigenvalue weighted by molar-refractivity contribution is 4.83. The molecule has 0 radical (unpaired) electrons. The number of hydrogen-bond donors (Lipinski definition) is 1. The Hall–Kier alpha value is -0.410. The number of aliphatic hydroxyl groups is 1. The lowest BCUT2D eigenvalue weighted by atomic mass is 10.0. The minimum atomic E-state index is 0. The lowest BCUT2D eigenvalue weighted by Crippen LogP contribution is -3.00. The molecule has 140 valence electrons. The summed E-state index contributed by atoms with van der Waals surface area (Å²) in [5.74, 6) is 0. The van der Waals surface area contributed by atoms with Gasteiger partial charge in [-0.1, -0.05) is 76.7 Å². The van der Waals surface area contributed by atoms with Gasteiger partial charge in [0.1, 0.15) is 6.54 Å². The molecule has 1 heterocycles. The van der Waals surface area contributed by atoms with Gasteiger partial charge in [-0.15, -0.1) is 0 Å². The van der Waals surface area contributed by atoms with Gasteiger partial charge in [-0.05, 0) is 12.8 Å². The molecule has 2 nitrogen and oxygen atoms in total. The number of rotatable bonds is 16. The first-order valence-electron chi connectivity index (χ1n) is 9.98. The van der Waals surface area contributed by atoms with Crippen LogP contribution >= 0.6 is 0 Å². The summed E-state index contributed by atoms with van der Waals surface area (Å²) in [5.41, 5.74) is 0. The Bertz CT molecular complexity index is 345. The third-order valence-electron chi connectivity index (χ3n) is 4.60. The Morgan fingerprint density at radius 3 is 1.29 bits per heavy atom. The number of aryl methyl sites for hydroxylation is 1. The van der Waals surface area contributed by atoms with E-state index in [0.29, 0.717) is 6.61 Å². The molecule has 0 fully saturated rings. The molecule has 1 aromatic heterocycles. The van der Waals surface area contributed by atoms with Crippen LogP contribution in [0, 0.1) is 0 Å². The van der Waals surface area contributed by atoms with Gasteiger partial charge < -0.3 is 22.1 Å². The Labute approximate surface area is 160 Å². The molecular formula is C21H38BrNO. The highest BCUT2D eigenvalue weighted by atomic mass is 79.9. The van der Waals surface area contributed by atoms with Gasteiger partial charge in [0, 0.05) is 25.2 Å². The van der Waals surface area contributed by atoms with E-state index in [-0.39, 0.29) is 17.0 Å². The number of aromatic nitrogens is 1. The number of hydrogen-bond acceptors (Lipinski definition) is 1. The summed E-state index contributed by atoms with van der Waals surface area (Å²) in [4.78, 5) is 0. The zero-order chi connectivity index (χ0) is 16.4. The fourth-order valence-electron chi connectivity index (χ4n) is 3.11. The van der Waals surface area contributed by atoms with Gasteiger partial charge in [0.2, 0.25) is 0 Å². The molecule has 24 heavy (non-hydrogen) atoms. The number of halogens is 1. The van der Waals surface area contributed by atoms with Gasteiger partial charge >= 0.3 is 0 Å². The molecule has 0 aliphatic heterocycles. The van der Waals surface area contributed by atoms with Crippen LogP contribution in [0.4, 0.5) is 0 Å². The van der Waals surface area contributed by atoms with Gasteiger partial charge in [0.05, 0.1) is 0 Å². The maximum Gasteiger partial charge on any atom is 0.168 e. The predicted octanol–water partition coefficient (Wildman–Crippen LogP) is 2.43. The third-order valence-corrected chi connectivity index (χ3v) is 4.60. The van der Waals surface area contributed by atoms with E-state index in [1.807, 2.05) is 0 Å². The molecule has 0 spiro atoms. The Balaban J connectivity index is 0.00000529.